The molecule has 2 aromatic heterocycles. The monoisotopic (exact) mass is 410 g/mol. The molecule has 0 spiro atoms. The number of rotatable bonds is 4. The van der Waals surface area contributed by atoms with Crippen molar-refractivity contribution in [3.63, 3.8) is 0 Å². The van der Waals surface area contributed by atoms with Gasteiger partial charge >= 0.3 is 6.03 Å². The van der Waals surface area contributed by atoms with Crippen LogP contribution in [0.5, 0.6) is 5.75 Å². The lowest BCUT2D eigenvalue weighted by Gasteiger charge is -2.28. The Morgan fingerprint density at radius 2 is 2.13 bits per heavy atom. The highest BCUT2D eigenvalue weighted by atomic mass is 19.1. The molecule has 1 aromatic carbocycles. The van der Waals surface area contributed by atoms with Crippen molar-refractivity contribution in [1.29, 1.82) is 0 Å². The molecular formula is C20H15FN4O5. The number of benzene rings is 1. The second-order valence-corrected chi connectivity index (χ2v) is 7.10. The van der Waals surface area contributed by atoms with Crippen molar-refractivity contribution >= 4 is 28.9 Å². The summed E-state index contributed by atoms with van der Waals surface area (Å²) in [6.07, 6.45) is 1.53. The van der Waals surface area contributed by atoms with Crippen molar-refractivity contribution in [2.24, 2.45) is 0 Å². The van der Waals surface area contributed by atoms with E-state index < -0.39 is 29.2 Å². The second kappa shape index (κ2) is 6.28. The van der Waals surface area contributed by atoms with Gasteiger partial charge < -0.3 is 19.4 Å². The van der Waals surface area contributed by atoms with E-state index in [0.29, 0.717) is 10.9 Å². The Hall–Kier alpha value is -3.95. The number of furan rings is 1. The topological polar surface area (TPSA) is 114 Å². The molecule has 4 heterocycles. The highest BCUT2D eigenvalue weighted by molar-refractivity contribution is 6.08. The summed E-state index contributed by atoms with van der Waals surface area (Å²) in [6.45, 7) is -0.182. The summed E-state index contributed by atoms with van der Waals surface area (Å²) in [4.78, 5) is 43.1. The number of hydrogen-bond donors (Lipinski definition) is 2. The van der Waals surface area contributed by atoms with E-state index >= 15 is 0 Å². The Morgan fingerprint density at radius 1 is 1.30 bits per heavy atom. The largest absolute Gasteiger partial charge is 0.494 e. The minimum absolute atomic E-state index is 0.0473. The third-order valence-corrected chi connectivity index (χ3v) is 5.36. The number of ether oxygens (including phenoxy) is 1. The Kier molecular flexibility index (Phi) is 3.79. The lowest BCUT2D eigenvalue weighted by Crippen LogP contribution is -2.52. The standard InChI is InChI=1S/C20H15FN4O5/c1-29-12-5-4-11-8-25(17(26)14(11)15(12)21)9-20(18(27)23-19(28)24-20)13-7-10-3-2-6-22-16(10)30-13/h2-7H,8-9H2,1H3,(H2,23,24,27,28)/t20-/m0/s1. The number of urea groups is 1. The number of amides is 4. The molecule has 2 aliphatic rings. The second-order valence-electron chi connectivity index (χ2n) is 7.10. The number of pyridine rings is 1. The summed E-state index contributed by atoms with van der Waals surface area (Å²) >= 11 is 0. The smallest absolute Gasteiger partial charge is 0.322 e. The number of hydrogen-bond acceptors (Lipinski definition) is 6. The third kappa shape index (κ3) is 2.46. The zero-order valence-corrected chi connectivity index (χ0v) is 15.7. The van der Waals surface area contributed by atoms with Crippen molar-refractivity contribution in [2.45, 2.75) is 12.1 Å². The molecule has 3 aromatic rings. The van der Waals surface area contributed by atoms with Crippen molar-refractivity contribution in [3.8, 4) is 5.75 Å². The van der Waals surface area contributed by atoms with Gasteiger partial charge in [0.2, 0.25) is 5.71 Å². The number of carbonyl (C=O) groups excluding carboxylic acids is 3. The molecule has 2 N–H and O–H groups in total. The molecule has 0 aliphatic carbocycles. The van der Waals surface area contributed by atoms with E-state index in [1.807, 2.05) is 0 Å². The van der Waals surface area contributed by atoms with Crippen LogP contribution in [0, 0.1) is 5.82 Å². The average Bonchev–Trinajstić information content (AvgIpc) is 3.37. The van der Waals surface area contributed by atoms with E-state index in [1.54, 1.807) is 24.3 Å². The SMILES string of the molecule is COc1ccc2c(c1F)C(=O)N(C[C@@]1(c3cc4cccnc4o3)NC(=O)NC1=O)C2. The fourth-order valence-corrected chi connectivity index (χ4v) is 3.91. The fourth-order valence-electron chi connectivity index (χ4n) is 3.91. The molecule has 5 rings (SSSR count). The Balaban J connectivity index is 1.56. The van der Waals surface area contributed by atoms with Crippen molar-refractivity contribution in [2.75, 3.05) is 13.7 Å². The number of nitrogens with zero attached hydrogens (tertiary/aromatic N) is 2. The van der Waals surface area contributed by atoms with Crippen LogP contribution in [0.1, 0.15) is 21.7 Å². The molecule has 0 unspecified atom stereocenters. The molecule has 10 heteroatoms. The molecule has 0 saturated carbocycles. The predicted molar refractivity (Wildman–Crippen MR) is 100 cm³/mol. The molecular weight excluding hydrogens is 395 g/mol. The van der Waals surface area contributed by atoms with Crippen LogP contribution in [0.3, 0.4) is 0 Å². The van der Waals surface area contributed by atoms with Gasteiger partial charge in [0.15, 0.2) is 17.1 Å². The van der Waals surface area contributed by atoms with E-state index in [2.05, 4.69) is 15.6 Å². The van der Waals surface area contributed by atoms with Crippen LogP contribution >= 0.6 is 0 Å². The van der Waals surface area contributed by atoms with Crippen LogP contribution in [-0.2, 0) is 16.9 Å². The maximum Gasteiger partial charge on any atom is 0.322 e. The highest BCUT2D eigenvalue weighted by Gasteiger charge is 2.53. The van der Waals surface area contributed by atoms with Crippen LogP contribution in [0.4, 0.5) is 9.18 Å². The third-order valence-electron chi connectivity index (χ3n) is 5.36. The van der Waals surface area contributed by atoms with E-state index in [-0.39, 0.29) is 35.9 Å². The van der Waals surface area contributed by atoms with Gasteiger partial charge in [-0.25, -0.2) is 14.2 Å². The van der Waals surface area contributed by atoms with Crippen LogP contribution in [0.2, 0.25) is 0 Å². The number of carbonyl (C=O) groups is 3. The zero-order chi connectivity index (χ0) is 21.0. The summed E-state index contributed by atoms with van der Waals surface area (Å²) in [7, 11) is 1.31. The van der Waals surface area contributed by atoms with E-state index in [1.165, 1.54) is 24.3 Å². The van der Waals surface area contributed by atoms with Gasteiger partial charge in [0.05, 0.1) is 19.2 Å². The molecule has 4 amide bonds. The van der Waals surface area contributed by atoms with Gasteiger partial charge in [-0.1, -0.05) is 6.07 Å². The quantitative estimate of drug-likeness (QED) is 0.633. The first kappa shape index (κ1) is 18.1. The van der Waals surface area contributed by atoms with Gasteiger partial charge in [0.25, 0.3) is 11.8 Å². The molecule has 30 heavy (non-hydrogen) atoms. The first-order chi connectivity index (χ1) is 14.4. The van der Waals surface area contributed by atoms with Gasteiger partial charge in [-0.3, -0.25) is 14.9 Å². The Labute approximate surface area is 168 Å². The van der Waals surface area contributed by atoms with Gasteiger partial charge in [0.1, 0.15) is 5.76 Å². The van der Waals surface area contributed by atoms with E-state index in [4.69, 9.17) is 9.15 Å². The van der Waals surface area contributed by atoms with Crippen molar-refractivity contribution in [1.82, 2.24) is 20.5 Å². The summed E-state index contributed by atoms with van der Waals surface area (Å²) in [6, 6.07) is 7.36. The zero-order valence-electron chi connectivity index (χ0n) is 15.7. The van der Waals surface area contributed by atoms with Crippen LogP contribution in [0.25, 0.3) is 11.1 Å². The molecule has 152 valence electrons. The number of methoxy groups -OCH3 is 1. The molecule has 2 aliphatic heterocycles. The maximum absolute atomic E-state index is 14.7. The minimum atomic E-state index is -1.67. The summed E-state index contributed by atoms with van der Waals surface area (Å²) < 4.78 is 25.4. The molecule has 0 bridgehead atoms. The molecule has 0 radical (unpaired) electrons. The Bertz CT molecular complexity index is 1210. The van der Waals surface area contributed by atoms with Crippen LogP contribution in [0.15, 0.2) is 40.9 Å². The van der Waals surface area contributed by atoms with E-state index in [9.17, 15) is 18.8 Å². The lowest BCUT2D eigenvalue weighted by atomic mass is 9.95. The van der Waals surface area contributed by atoms with Crippen LogP contribution < -0.4 is 15.4 Å². The summed E-state index contributed by atoms with van der Waals surface area (Å²) in [5.74, 6) is -1.96. The van der Waals surface area contributed by atoms with Gasteiger partial charge in [0, 0.05) is 18.1 Å². The van der Waals surface area contributed by atoms with Crippen molar-refractivity contribution < 1.29 is 27.9 Å². The van der Waals surface area contributed by atoms with Crippen LogP contribution in [-0.4, -0.2) is 41.4 Å². The Morgan fingerprint density at radius 3 is 2.83 bits per heavy atom. The molecule has 9 nitrogen and oxygen atoms in total. The fraction of sp³-hybridized carbons (Fsp3) is 0.200. The van der Waals surface area contributed by atoms with Gasteiger partial charge in [-0.05, 0) is 29.8 Å². The molecule has 1 saturated heterocycles. The summed E-state index contributed by atoms with van der Waals surface area (Å²) in [5, 5.41) is 5.39. The highest BCUT2D eigenvalue weighted by Crippen LogP contribution is 2.35. The number of fused-ring (bicyclic) bond motifs is 2. The predicted octanol–water partition coefficient (Wildman–Crippen LogP) is 1.67. The first-order valence-corrected chi connectivity index (χ1v) is 9.06. The number of halogens is 1. The minimum Gasteiger partial charge on any atom is -0.494 e. The van der Waals surface area contributed by atoms with Gasteiger partial charge in [-0.2, -0.15) is 0 Å². The molecule has 1 fully saturated rings. The summed E-state index contributed by atoms with van der Waals surface area (Å²) in [5.41, 5.74) is -1.03. The number of imide groups is 1. The number of nitrogens with one attached hydrogen (secondary N) is 2. The normalized spacial score (nSPS) is 20.5. The number of aromatic nitrogens is 1. The maximum atomic E-state index is 14.7. The first-order valence-electron chi connectivity index (χ1n) is 9.06. The van der Waals surface area contributed by atoms with Crippen molar-refractivity contribution in [3.05, 3.63) is 59.2 Å². The van der Waals surface area contributed by atoms with Gasteiger partial charge in [-0.15, -0.1) is 0 Å². The molecule has 1 atom stereocenters. The average molecular weight is 410 g/mol. The lowest BCUT2D eigenvalue weighted by molar-refractivity contribution is -0.125. The van der Waals surface area contributed by atoms with E-state index in [0.717, 1.165) is 0 Å².